The van der Waals surface area contributed by atoms with E-state index in [4.69, 9.17) is 18.9 Å². The van der Waals surface area contributed by atoms with Gasteiger partial charge < -0.3 is 29.6 Å². The first-order valence-electron chi connectivity index (χ1n) is 10.7. The van der Waals surface area contributed by atoms with Gasteiger partial charge in [0.05, 0.1) is 21.3 Å². The highest BCUT2D eigenvalue weighted by atomic mass is 16.5. The summed E-state index contributed by atoms with van der Waals surface area (Å²) >= 11 is 0. The van der Waals surface area contributed by atoms with Gasteiger partial charge >= 0.3 is 0 Å². The molecular formula is C26H28N2O6. The molecule has 0 atom stereocenters. The summed E-state index contributed by atoms with van der Waals surface area (Å²) < 4.78 is 21.2. The smallest absolute Gasteiger partial charge is 0.262 e. The van der Waals surface area contributed by atoms with Crippen molar-refractivity contribution in [1.29, 1.82) is 0 Å². The van der Waals surface area contributed by atoms with E-state index in [9.17, 15) is 9.59 Å². The van der Waals surface area contributed by atoms with Gasteiger partial charge in [-0.05, 0) is 54.4 Å². The molecule has 0 saturated carbocycles. The minimum Gasteiger partial charge on any atom is -0.497 e. The Labute approximate surface area is 198 Å². The average molecular weight is 465 g/mol. The summed E-state index contributed by atoms with van der Waals surface area (Å²) in [6.07, 6.45) is 0.614. The van der Waals surface area contributed by atoms with Crippen molar-refractivity contribution >= 4 is 17.5 Å². The third kappa shape index (κ3) is 6.90. The lowest BCUT2D eigenvalue weighted by atomic mass is 10.1. The number of hydrogen-bond donors (Lipinski definition) is 2. The molecule has 0 bridgehead atoms. The van der Waals surface area contributed by atoms with Crippen LogP contribution >= 0.6 is 0 Å². The fourth-order valence-electron chi connectivity index (χ4n) is 3.22. The molecule has 8 nitrogen and oxygen atoms in total. The van der Waals surface area contributed by atoms with E-state index in [2.05, 4.69) is 10.6 Å². The van der Waals surface area contributed by atoms with Crippen LogP contribution in [-0.2, 0) is 11.2 Å². The predicted molar refractivity (Wildman–Crippen MR) is 129 cm³/mol. The van der Waals surface area contributed by atoms with Crippen LogP contribution in [0.3, 0.4) is 0 Å². The molecule has 0 aliphatic rings. The summed E-state index contributed by atoms with van der Waals surface area (Å²) in [4.78, 5) is 24.6. The summed E-state index contributed by atoms with van der Waals surface area (Å²) in [6.45, 7) is 0.288. The normalized spacial score (nSPS) is 10.2. The summed E-state index contributed by atoms with van der Waals surface area (Å²) in [7, 11) is 4.76. The zero-order chi connectivity index (χ0) is 24.3. The number of carbonyl (C=O) groups excluding carboxylic acids is 2. The maximum absolute atomic E-state index is 12.4. The molecule has 0 aliphatic carbocycles. The molecule has 8 heteroatoms. The Bertz CT molecular complexity index is 1110. The standard InChI is InChI=1S/C26H28N2O6/c1-31-22-6-4-5-20(15-22)28-25(29)17-34-21-10-8-19(9-11-21)26(30)27-14-13-18-7-12-23(32-2)16-24(18)33-3/h4-12,15-16H,13-14,17H2,1-3H3,(H,27,30)(H,28,29). The summed E-state index contributed by atoms with van der Waals surface area (Å²) in [5.74, 6) is 2.06. The summed E-state index contributed by atoms with van der Waals surface area (Å²) in [5.41, 5.74) is 2.08. The Morgan fingerprint density at radius 3 is 2.21 bits per heavy atom. The number of benzene rings is 3. The molecular weight excluding hydrogens is 436 g/mol. The number of methoxy groups -OCH3 is 3. The van der Waals surface area contributed by atoms with Gasteiger partial charge in [0.1, 0.15) is 23.0 Å². The fourth-order valence-corrected chi connectivity index (χ4v) is 3.22. The lowest BCUT2D eigenvalue weighted by Crippen LogP contribution is -2.25. The van der Waals surface area contributed by atoms with Gasteiger partial charge in [0, 0.05) is 29.9 Å². The Kier molecular flexibility index (Phi) is 8.73. The van der Waals surface area contributed by atoms with Crippen molar-refractivity contribution in [3.8, 4) is 23.0 Å². The molecule has 3 rings (SSSR count). The van der Waals surface area contributed by atoms with E-state index >= 15 is 0 Å². The Hall–Kier alpha value is -4.20. The van der Waals surface area contributed by atoms with Crippen molar-refractivity contribution in [3.05, 3.63) is 77.9 Å². The largest absolute Gasteiger partial charge is 0.497 e. The molecule has 0 radical (unpaired) electrons. The second-order valence-electron chi connectivity index (χ2n) is 7.28. The number of nitrogens with one attached hydrogen (secondary N) is 2. The van der Waals surface area contributed by atoms with E-state index < -0.39 is 0 Å². The number of carbonyl (C=O) groups is 2. The minimum atomic E-state index is -0.302. The van der Waals surface area contributed by atoms with E-state index in [1.54, 1.807) is 69.9 Å². The Morgan fingerprint density at radius 1 is 0.794 bits per heavy atom. The lowest BCUT2D eigenvalue weighted by Gasteiger charge is -2.11. The molecule has 2 amide bonds. The molecule has 0 aliphatic heterocycles. The van der Waals surface area contributed by atoms with Gasteiger partial charge in [-0.2, -0.15) is 0 Å². The molecule has 3 aromatic rings. The molecule has 34 heavy (non-hydrogen) atoms. The van der Waals surface area contributed by atoms with Crippen molar-refractivity contribution < 1.29 is 28.5 Å². The third-order valence-corrected chi connectivity index (χ3v) is 5.01. The van der Waals surface area contributed by atoms with Gasteiger partial charge in [-0.3, -0.25) is 9.59 Å². The predicted octanol–water partition coefficient (Wildman–Crippen LogP) is 3.70. The lowest BCUT2D eigenvalue weighted by molar-refractivity contribution is -0.118. The number of amides is 2. The second kappa shape index (κ2) is 12.2. The maximum Gasteiger partial charge on any atom is 0.262 e. The highest BCUT2D eigenvalue weighted by Crippen LogP contribution is 2.24. The fraction of sp³-hybridized carbons (Fsp3) is 0.231. The van der Waals surface area contributed by atoms with Crippen molar-refractivity contribution in [3.63, 3.8) is 0 Å². The number of ether oxygens (including phenoxy) is 4. The first-order valence-corrected chi connectivity index (χ1v) is 10.7. The molecule has 0 fully saturated rings. The van der Waals surface area contributed by atoms with Crippen molar-refractivity contribution in [2.75, 3.05) is 39.8 Å². The van der Waals surface area contributed by atoms with Crippen molar-refractivity contribution in [1.82, 2.24) is 5.32 Å². The number of rotatable bonds is 11. The highest BCUT2D eigenvalue weighted by molar-refractivity contribution is 5.94. The van der Waals surface area contributed by atoms with Gasteiger partial charge in [-0.15, -0.1) is 0 Å². The van der Waals surface area contributed by atoms with E-state index in [-0.39, 0.29) is 18.4 Å². The summed E-state index contributed by atoms with van der Waals surface area (Å²) in [5, 5.41) is 5.64. The zero-order valence-corrected chi connectivity index (χ0v) is 19.4. The van der Waals surface area contributed by atoms with Crippen molar-refractivity contribution in [2.24, 2.45) is 0 Å². The van der Waals surface area contributed by atoms with Crippen LogP contribution in [0.15, 0.2) is 66.7 Å². The zero-order valence-electron chi connectivity index (χ0n) is 19.4. The van der Waals surface area contributed by atoms with Gasteiger partial charge in [0.2, 0.25) is 0 Å². The first kappa shape index (κ1) is 24.4. The van der Waals surface area contributed by atoms with Gasteiger partial charge in [-0.1, -0.05) is 12.1 Å². The van der Waals surface area contributed by atoms with E-state index in [0.717, 1.165) is 5.56 Å². The van der Waals surface area contributed by atoms with Crippen LogP contribution in [0.1, 0.15) is 15.9 Å². The minimum absolute atomic E-state index is 0.160. The van der Waals surface area contributed by atoms with Gasteiger partial charge in [0.25, 0.3) is 11.8 Å². The van der Waals surface area contributed by atoms with E-state index in [1.165, 1.54) is 0 Å². The van der Waals surface area contributed by atoms with Crippen LogP contribution < -0.4 is 29.6 Å². The molecule has 0 aromatic heterocycles. The first-order chi connectivity index (χ1) is 16.5. The van der Waals surface area contributed by atoms with Crippen LogP contribution in [0.25, 0.3) is 0 Å². The SMILES string of the molecule is COc1cccc(NC(=O)COc2ccc(C(=O)NCCc3ccc(OC)cc3OC)cc2)c1. The van der Waals surface area contributed by atoms with Crippen LogP contribution in [0.4, 0.5) is 5.69 Å². The summed E-state index contributed by atoms with van der Waals surface area (Å²) in [6, 6.07) is 19.3. The van der Waals surface area contributed by atoms with Crippen LogP contribution in [0, 0.1) is 0 Å². The molecule has 178 valence electrons. The Morgan fingerprint density at radius 2 is 1.50 bits per heavy atom. The second-order valence-corrected chi connectivity index (χ2v) is 7.28. The van der Waals surface area contributed by atoms with Crippen LogP contribution in [0.2, 0.25) is 0 Å². The van der Waals surface area contributed by atoms with Gasteiger partial charge in [-0.25, -0.2) is 0 Å². The highest BCUT2D eigenvalue weighted by Gasteiger charge is 2.09. The molecule has 2 N–H and O–H groups in total. The monoisotopic (exact) mass is 464 g/mol. The van der Waals surface area contributed by atoms with Crippen LogP contribution in [-0.4, -0.2) is 46.3 Å². The number of hydrogen-bond acceptors (Lipinski definition) is 6. The molecule has 0 unspecified atom stereocenters. The molecule has 0 spiro atoms. The van der Waals surface area contributed by atoms with E-state index in [0.29, 0.717) is 47.2 Å². The molecule has 3 aromatic carbocycles. The van der Waals surface area contributed by atoms with Crippen molar-refractivity contribution in [2.45, 2.75) is 6.42 Å². The topological polar surface area (TPSA) is 95.1 Å². The van der Waals surface area contributed by atoms with Crippen LogP contribution in [0.5, 0.6) is 23.0 Å². The maximum atomic E-state index is 12.4. The third-order valence-electron chi connectivity index (χ3n) is 5.01. The van der Waals surface area contributed by atoms with Gasteiger partial charge in [0.15, 0.2) is 6.61 Å². The molecule has 0 saturated heterocycles. The van der Waals surface area contributed by atoms with E-state index in [1.807, 2.05) is 18.2 Å². The quantitative estimate of drug-likeness (QED) is 0.449. The average Bonchev–Trinajstić information content (AvgIpc) is 2.87. The number of anilines is 1. The Balaban J connectivity index is 1.45. The molecule has 0 heterocycles.